The summed E-state index contributed by atoms with van der Waals surface area (Å²) in [5.74, 6) is -0.141. The molecule has 0 radical (unpaired) electrons. The summed E-state index contributed by atoms with van der Waals surface area (Å²) in [7, 11) is 1.76. The quantitative estimate of drug-likeness (QED) is 0.443. The normalized spacial score (nSPS) is 13.9. The maximum Gasteiger partial charge on any atom is 0.270 e. The maximum atomic E-state index is 12.5. The first-order valence-corrected chi connectivity index (χ1v) is 9.05. The van der Waals surface area contributed by atoms with Crippen LogP contribution < -0.4 is 4.90 Å². The lowest BCUT2D eigenvalue weighted by Crippen LogP contribution is -2.26. The number of benzene rings is 2. The Morgan fingerprint density at radius 1 is 1.19 bits per heavy atom. The van der Waals surface area contributed by atoms with Gasteiger partial charge in [-0.3, -0.25) is 14.9 Å². The second-order valence-electron chi connectivity index (χ2n) is 6.70. The molecule has 1 aliphatic heterocycles. The summed E-state index contributed by atoms with van der Waals surface area (Å²) in [6.07, 6.45) is 5.47. The van der Waals surface area contributed by atoms with Crippen LogP contribution in [0.5, 0.6) is 0 Å². The van der Waals surface area contributed by atoms with E-state index in [-0.39, 0.29) is 11.6 Å². The molecular formula is C21H23N3O3. The Kier molecular flexibility index (Phi) is 5.86. The predicted molar refractivity (Wildman–Crippen MR) is 106 cm³/mol. The fourth-order valence-electron chi connectivity index (χ4n) is 3.28. The molecule has 1 heterocycles. The molecule has 0 aromatic heterocycles. The zero-order valence-electron chi connectivity index (χ0n) is 15.4. The van der Waals surface area contributed by atoms with Crippen molar-refractivity contribution >= 4 is 23.4 Å². The van der Waals surface area contributed by atoms with Crippen molar-refractivity contribution in [3.8, 4) is 0 Å². The Morgan fingerprint density at radius 2 is 1.93 bits per heavy atom. The van der Waals surface area contributed by atoms with Gasteiger partial charge in [0.1, 0.15) is 0 Å². The molecular weight excluding hydrogens is 342 g/mol. The minimum atomic E-state index is -0.444. The third-order valence-electron chi connectivity index (χ3n) is 4.72. The lowest BCUT2D eigenvalue weighted by molar-refractivity contribution is -0.384. The van der Waals surface area contributed by atoms with E-state index in [0.717, 1.165) is 18.7 Å². The Labute approximate surface area is 158 Å². The molecule has 3 rings (SSSR count). The Balaban J connectivity index is 1.68. The number of carbonyl (C=O) groups excluding carboxylic acids is 1. The average Bonchev–Trinajstić information content (AvgIpc) is 3.21. The SMILES string of the molecule is CN(Cc1ccccc1N1CCCC1)C(=O)/C=C/c1cccc([N+](=O)[O-])c1. The van der Waals surface area contributed by atoms with E-state index in [4.69, 9.17) is 0 Å². The number of para-hydroxylation sites is 1. The fourth-order valence-corrected chi connectivity index (χ4v) is 3.28. The second-order valence-corrected chi connectivity index (χ2v) is 6.70. The van der Waals surface area contributed by atoms with E-state index < -0.39 is 4.92 Å². The second kappa shape index (κ2) is 8.49. The van der Waals surface area contributed by atoms with E-state index in [1.54, 1.807) is 30.2 Å². The minimum Gasteiger partial charge on any atom is -0.371 e. The number of likely N-dealkylation sites (N-methyl/N-ethyl adjacent to an activating group) is 1. The molecule has 1 amide bonds. The van der Waals surface area contributed by atoms with Gasteiger partial charge in [-0.1, -0.05) is 30.3 Å². The van der Waals surface area contributed by atoms with E-state index >= 15 is 0 Å². The lowest BCUT2D eigenvalue weighted by Gasteiger charge is -2.24. The number of amides is 1. The fraction of sp³-hybridized carbons (Fsp3) is 0.286. The summed E-state index contributed by atoms with van der Waals surface area (Å²) in [5, 5.41) is 10.8. The Bertz CT molecular complexity index is 857. The summed E-state index contributed by atoms with van der Waals surface area (Å²) < 4.78 is 0. The van der Waals surface area contributed by atoms with Crippen molar-refractivity contribution in [3.63, 3.8) is 0 Å². The van der Waals surface area contributed by atoms with Crippen LogP contribution in [0.4, 0.5) is 11.4 Å². The van der Waals surface area contributed by atoms with E-state index in [1.165, 1.54) is 36.7 Å². The zero-order chi connectivity index (χ0) is 19.2. The number of rotatable bonds is 6. The first-order chi connectivity index (χ1) is 13.0. The third kappa shape index (κ3) is 4.73. The van der Waals surface area contributed by atoms with E-state index in [1.807, 2.05) is 12.1 Å². The number of hydrogen-bond acceptors (Lipinski definition) is 4. The highest BCUT2D eigenvalue weighted by Crippen LogP contribution is 2.25. The molecule has 0 unspecified atom stereocenters. The van der Waals surface area contributed by atoms with Gasteiger partial charge in [0.25, 0.3) is 5.69 Å². The molecule has 2 aromatic rings. The van der Waals surface area contributed by atoms with Crippen molar-refractivity contribution in [3.05, 3.63) is 75.8 Å². The molecule has 0 N–H and O–H groups in total. The van der Waals surface area contributed by atoms with Gasteiger partial charge in [0.05, 0.1) is 4.92 Å². The highest BCUT2D eigenvalue weighted by atomic mass is 16.6. The summed E-state index contributed by atoms with van der Waals surface area (Å²) in [6, 6.07) is 14.4. The largest absolute Gasteiger partial charge is 0.371 e. The number of hydrogen-bond donors (Lipinski definition) is 0. The van der Waals surface area contributed by atoms with Crippen LogP contribution in [0.2, 0.25) is 0 Å². The van der Waals surface area contributed by atoms with E-state index in [0.29, 0.717) is 12.1 Å². The summed E-state index contributed by atoms with van der Waals surface area (Å²) in [6.45, 7) is 2.63. The first kappa shape index (κ1) is 18.6. The van der Waals surface area contributed by atoms with Gasteiger partial charge in [-0.25, -0.2) is 0 Å². The topological polar surface area (TPSA) is 66.7 Å². The van der Waals surface area contributed by atoms with Crippen molar-refractivity contribution < 1.29 is 9.72 Å². The monoisotopic (exact) mass is 365 g/mol. The van der Waals surface area contributed by atoms with Crippen LogP contribution in [0.15, 0.2) is 54.6 Å². The molecule has 1 fully saturated rings. The molecule has 0 aliphatic carbocycles. The van der Waals surface area contributed by atoms with Crippen molar-refractivity contribution in [1.82, 2.24) is 4.90 Å². The molecule has 6 heteroatoms. The summed E-state index contributed by atoms with van der Waals surface area (Å²) in [4.78, 5) is 26.9. The van der Waals surface area contributed by atoms with Gasteiger partial charge >= 0.3 is 0 Å². The average molecular weight is 365 g/mol. The van der Waals surface area contributed by atoms with Crippen LogP contribution in [0, 0.1) is 10.1 Å². The van der Waals surface area contributed by atoms with Gasteiger partial charge in [0, 0.05) is 50.6 Å². The highest BCUT2D eigenvalue weighted by Gasteiger charge is 2.17. The third-order valence-corrected chi connectivity index (χ3v) is 4.72. The molecule has 0 saturated carbocycles. The van der Waals surface area contributed by atoms with E-state index in [9.17, 15) is 14.9 Å². The standard InChI is InChI=1S/C21H23N3O3/c1-22(16-18-8-2-3-10-20(18)23-13-4-5-14-23)21(25)12-11-17-7-6-9-19(15-17)24(26)27/h2-3,6-12,15H,4-5,13-14,16H2,1H3/b12-11+. The molecule has 0 spiro atoms. The van der Waals surface area contributed by atoms with Gasteiger partial charge in [-0.05, 0) is 36.1 Å². The van der Waals surface area contributed by atoms with Crippen LogP contribution in [0.1, 0.15) is 24.0 Å². The smallest absolute Gasteiger partial charge is 0.270 e. The van der Waals surface area contributed by atoms with Crippen molar-refractivity contribution in [2.24, 2.45) is 0 Å². The molecule has 6 nitrogen and oxygen atoms in total. The molecule has 0 atom stereocenters. The minimum absolute atomic E-state index is 0.0116. The number of nitro benzene ring substituents is 1. The molecule has 27 heavy (non-hydrogen) atoms. The van der Waals surface area contributed by atoms with Gasteiger partial charge in [-0.15, -0.1) is 0 Å². The number of nitrogens with zero attached hydrogens (tertiary/aromatic N) is 3. The van der Waals surface area contributed by atoms with Gasteiger partial charge in [-0.2, -0.15) is 0 Å². The molecule has 0 bridgehead atoms. The van der Waals surface area contributed by atoms with Gasteiger partial charge < -0.3 is 9.80 Å². The number of non-ortho nitro benzene ring substituents is 1. The van der Waals surface area contributed by atoms with Crippen LogP contribution in [0.3, 0.4) is 0 Å². The predicted octanol–water partition coefficient (Wildman–Crippen LogP) is 3.87. The van der Waals surface area contributed by atoms with Crippen LogP contribution in [-0.4, -0.2) is 35.9 Å². The molecule has 2 aromatic carbocycles. The van der Waals surface area contributed by atoms with E-state index in [2.05, 4.69) is 17.0 Å². The molecule has 140 valence electrons. The zero-order valence-corrected chi connectivity index (χ0v) is 15.4. The van der Waals surface area contributed by atoms with Gasteiger partial charge in [0.15, 0.2) is 0 Å². The van der Waals surface area contributed by atoms with Crippen molar-refractivity contribution in [2.75, 3.05) is 25.0 Å². The Morgan fingerprint density at radius 3 is 2.67 bits per heavy atom. The van der Waals surface area contributed by atoms with Gasteiger partial charge in [0.2, 0.25) is 5.91 Å². The van der Waals surface area contributed by atoms with Crippen LogP contribution in [0.25, 0.3) is 6.08 Å². The maximum absolute atomic E-state index is 12.5. The number of anilines is 1. The van der Waals surface area contributed by atoms with Crippen LogP contribution >= 0.6 is 0 Å². The van der Waals surface area contributed by atoms with Crippen molar-refractivity contribution in [2.45, 2.75) is 19.4 Å². The summed E-state index contributed by atoms with van der Waals surface area (Å²) >= 11 is 0. The lowest BCUT2D eigenvalue weighted by atomic mass is 10.1. The highest BCUT2D eigenvalue weighted by molar-refractivity contribution is 5.91. The van der Waals surface area contributed by atoms with Crippen LogP contribution in [-0.2, 0) is 11.3 Å². The summed E-state index contributed by atoms with van der Waals surface area (Å²) in [5.41, 5.74) is 2.96. The first-order valence-electron chi connectivity index (χ1n) is 9.05. The molecule has 1 saturated heterocycles. The molecule has 1 aliphatic rings. The number of nitro groups is 1. The Hall–Kier alpha value is -3.15. The van der Waals surface area contributed by atoms with Crippen molar-refractivity contribution in [1.29, 1.82) is 0 Å². The number of carbonyl (C=O) groups is 1.